The lowest BCUT2D eigenvalue weighted by molar-refractivity contribution is 0.267. The number of benzene rings is 2. The summed E-state index contributed by atoms with van der Waals surface area (Å²) in [7, 11) is 0. The van der Waals surface area contributed by atoms with E-state index >= 15 is 0 Å². The Hall–Kier alpha value is -2.38. The maximum Gasteiger partial charge on any atom is 0.270 e. The Labute approximate surface area is 206 Å². The third kappa shape index (κ3) is 5.41. The summed E-state index contributed by atoms with van der Waals surface area (Å²) < 4.78 is 15.3. The highest BCUT2D eigenvalue weighted by Crippen LogP contribution is 2.37. The first-order valence-corrected chi connectivity index (χ1v) is 12.7. The molecule has 0 saturated heterocycles. The summed E-state index contributed by atoms with van der Waals surface area (Å²) in [6.07, 6.45) is 1.90. The molecule has 0 bridgehead atoms. The molecule has 33 heavy (non-hydrogen) atoms. The summed E-state index contributed by atoms with van der Waals surface area (Å²) in [5, 5.41) is 0. The Morgan fingerprint density at radius 1 is 1.15 bits per heavy atom. The zero-order valence-corrected chi connectivity index (χ0v) is 22.1. The standard InChI is InChI=1S/C26H29BrN2O3S/c1-6-31-21-11-18(12-22-24(30)29-15-26(4,5)14-28-25(29)33-22)10-20(27)23(21)32-13-19-8-16(2)7-17(3)9-19/h7-12H,6,13-15H2,1-5H3. The number of thiazole rings is 1. The van der Waals surface area contributed by atoms with Gasteiger partial charge in [-0.1, -0.05) is 54.5 Å². The molecule has 0 N–H and O–H groups in total. The number of nitrogens with zero attached hydrogens (tertiary/aromatic N) is 2. The highest BCUT2D eigenvalue weighted by molar-refractivity contribution is 9.10. The predicted molar refractivity (Wildman–Crippen MR) is 137 cm³/mol. The third-order valence-corrected chi connectivity index (χ3v) is 7.04. The van der Waals surface area contributed by atoms with Gasteiger partial charge in [0.25, 0.3) is 5.56 Å². The molecule has 174 valence electrons. The summed E-state index contributed by atoms with van der Waals surface area (Å²) in [6, 6.07) is 10.3. The SMILES string of the molecule is CCOc1cc(C=c2sc3n(c2=O)CC(C)(C)CN=3)cc(Br)c1OCc1cc(C)cc(C)c1. The molecular formula is C26H29BrN2O3S. The number of fused-ring (bicyclic) bond motifs is 1. The zero-order chi connectivity index (χ0) is 23.8. The van der Waals surface area contributed by atoms with Gasteiger partial charge in [0.2, 0.25) is 0 Å². The van der Waals surface area contributed by atoms with Gasteiger partial charge in [-0.3, -0.25) is 14.4 Å². The predicted octanol–water partition coefficient (Wildman–Crippen LogP) is 4.76. The smallest absolute Gasteiger partial charge is 0.270 e. The van der Waals surface area contributed by atoms with Crippen molar-refractivity contribution in [3.8, 4) is 11.5 Å². The molecular weight excluding hydrogens is 500 g/mol. The molecule has 1 aliphatic rings. The summed E-state index contributed by atoms with van der Waals surface area (Å²) in [5.74, 6) is 1.31. The molecule has 7 heteroatoms. The van der Waals surface area contributed by atoms with Gasteiger partial charge in [-0.2, -0.15) is 0 Å². The normalized spacial score (nSPS) is 15.2. The molecule has 4 rings (SSSR count). The second kappa shape index (κ2) is 9.47. The van der Waals surface area contributed by atoms with Gasteiger partial charge in [0, 0.05) is 18.5 Å². The molecule has 0 radical (unpaired) electrons. The van der Waals surface area contributed by atoms with Crippen LogP contribution in [0.4, 0.5) is 0 Å². The van der Waals surface area contributed by atoms with Crippen molar-refractivity contribution in [1.29, 1.82) is 0 Å². The zero-order valence-electron chi connectivity index (χ0n) is 19.7. The second-order valence-corrected chi connectivity index (χ2v) is 11.2. The van der Waals surface area contributed by atoms with Crippen LogP contribution in [0.2, 0.25) is 0 Å². The monoisotopic (exact) mass is 528 g/mol. The van der Waals surface area contributed by atoms with Crippen LogP contribution in [0.5, 0.6) is 11.5 Å². The van der Waals surface area contributed by atoms with E-state index in [-0.39, 0.29) is 11.0 Å². The Morgan fingerprint density at radius 3 is 2.58 bits per heavy atom. The van der Waals surface area contributed by atoms with Gasteiger partial charge in [-0.05, 0) is 66.0 Å². The van der Waals surface area contributed by atoms with Crippen molar-refractivity contribution in [1.82, 2.24) is 4.57 Å². The van der Waals surface area contributed by atoms with E-state index in [0.29, 0.717) is 35.8 Å². The summed E-state index contributed by atoms with van der Waals surface area (Å²) in [4.78, 5) is 18.4. The van der Waals surface area contributed by atoms with E-state index in [1.165, 1.54) is 22.5 Å². The number of halogens is 1. The maximum atomic E-state index is 13.0. The molecule has 0 amide bonds. The number of aryl methyl sites for hydroxylation is 2. The van der Waals surface area contributed by atoms with Gasteiger partial charge in [-0.15, -0.1) is 0 Å². The topological polar surface area (TPSA) is 52.8 Å². The van der Waals surface area contributed by atoms with Gasteiger partial charge in [0.1, 0.15) is 6.61 Å². The van der Waals surface area contributed by atoms with Crippen LogP contribution < -0.4 is 24.4 Å². The summed E-state index contributed by atoms with van der Waals surface area (Å²) in [6.45, 7) is 12.8. The first-order chi connectivity index (χ1) is 15.6. The lowest BCUT2D eigenvalue weighted by Gasteiger charge is -2.25. The van der Waals surface area contributed by atoms with E-state index in [0.717, 1.165) is 26.9 Å². The molecule has 2 aromatic carbocycles. The van der Waals surface area contributed by atoms with E-state index in [1.807, 2.05) is 25.1 Å². The van der Waals surface area contributed by atoms with Crippen molar-refractivity contribution in [2.24, 2.45) is 10.4 Å². The summed E-state index contributed by atoms with van der Waals surface area (Å²) in [5.41, 5.74) is 4.41. The molecule has 0 fully saturated rings. The molecule has 3 aromatic rings. The minimum absolute atomic E-state index is 0.00481. The number of aromatic nitrogens is 1. The molecule has 0 spiro atoms. The molecule has 0 atom stereocenters. The van der Waals surface area contributed by atoms with Crippen molar-refractivity contribution in [2.45, 2.75) is 47.8 Å². The van der Waals surface area contributed by atoms with Gasteiger partial charge < -0.3 is 9.47 Å². The van der Waals surface area contributed by atoms with Crippen molar-refractivity contribution < 1.29 is 9.47 Å². The minimum atomic E-state index is -0.00481. The van der Waals surface area contributed by atoms with Crippen molar-refractivity contribution in [3.05, 3.63) is 76.7 Å². The fraction of sp³-hybridized carbons (Fsp3) is 0.385. The lowest BCUT2D eigenvalue weighted by Crippen LogP contribution is -2.41. The van der Waals surface area contributed by atoms with Gasteiger partial charge >= 0.3 is 0 Å². The maximum absolute atomic E-state index is 13.0. The van der Waals surface area contributed by atoms with Crippen molar-refractivity contribution in [3.63, 3.8) is 0 Å². The molecule has 1 aromatic heterocycles. The number of ether oxygens (including phenoxy) is 2. The molecule has 0 unspecified atom stereocenters. The lowest BCUT2D eigenvalue weighted by atomic mass is 9.93. The molecule has 0 saturated carbocycles. The van der Waals surface area contributed by atoms with Crippen LogP contribution in [-0.2, 0) is 13.2 Å². The average molecular weight is 530 g/mol. The van der Waals surface area contributed by atoms with Gasteiger partial charge in [0.05, 0.1) is 15.6 Å². The first kappa shape index (κ1) is 23.8. The Morgan fingerprint density at radius 2 is 1.88 bits per heavy atom. The van der Waals surface area contributed by atoms with Crippen molar-refractivity contribution in [2.75, 3.05) is 13.2 Å². The molecule has 1 aliphatic heterocycles. The fourth-order valence-electron chi connectivity index (χ4n) is 4.06. The Bertz CT molecular complexity index is 1350. The second-order valence-electron chi connectivity index (χ2n) is 9.31. The highest BCUT2D eigenvalue weighted by atomic mass is 79.9. The van der Waals surface area contributed by atoms with E-state index in [4.69, 9.17) is 9.47 Å². The average Bonchev–Trinajstić information content (AvgIpc) is 3.01. The summed E-state index contributed by atoms with van der Waals surface area (Å²) >= 11 is 5.09. The van der Waals surface area contributed by atoms with Crippen LogP contribution in [0.15, 0.2) is 44.6 Å². The molecule has 2 heterocycles. The van der Waals surface area contributed by atoms with Gasteiger partial charge in [0.15, 0.2) is 16.3 Å². The third-order valence-electron chi connectivity index (χ3n) is 5.41. The highest BCUT2D eigenvalue weighted by Gasteiger charge is 2.24. The van der Waals surface area contributed by atoms with E-state index < -0.39 is 0 Å². The van der Waals surface area contributed by atoms with Crippen molar-refractivity contribution >= 4 is 33.3 Å². The minimum Gasteiger partial charge on any atom is -0.490 e. The number of hydrogen-bond acceptors (Lipinski definition) is 5. The fourth-order valence-corrected chi connectivity index (χ4v) is 5.61. The molecule has 5 nitrogen and oxygen atoms in total. The quantitative estimate of drug-likeness (QED) is 0.463. The van der Waals surface area contributed by atoms with E-state index in [2.05, 4.69) is 66.8 Å². The van der Waals surface area contributed by atoms with Crippen LogP contribution in [0.3, 0.4) is 0 Å². The van der Waals surface area contributed by atoms with Gasteiger partial charge in [-0.25, -0.2) is 0 Å². The first-order valence-electron chi connectivity index (χ1n) is 11.1. The molecule has 0 aliphatic carbocycles. The van der Waals surface area contributed by atoms with Crippen LogP contribution in [0, 0.1) is 19.3 Å². The van der Waals surface area contributed by atoms with E-state index in [1.54, 1.807) is 4.57 Å². The Kier molecular flexibility index (Phi) is 6.82. The van der Waals surface area contributed by atoms with Crippen LogP contribution in [0.1, 0.15) is 43.0 Å². The van der Waals surface area contributed by atoms with Crippen LogP contribution in [0.25, 0.3) is 6.08 Å². The van der Waals surface area contributed by atoms with Crippen LogP contribution in [-0.4, -0.2) is 17.7 Å². The van der Waals surface area contributed by atoms with E-state index in [9.17, 15) is 4.79 Å². The largest absolute Gasteiger partial charge is 0.490 e. The number of hydrogen-bond donors (Lipinski definition) is 0. The number of rotatable bonds is 6. The van der Waals surface area contributed by atoms with Crippen LogP contribution >= 0.6 is 27.3 Å². The Balaban J connectivity index is 1.68.